The molecule has 0 saturated heterocycles. The van der Waals surface area contributed by atoms with Crippen LogP contribution >= 0.6 is 0 Å². The van der Waals surface area contributed by atoms with Crippen LogP contribution in [0.25, 0.3) is 0 Å². The van der Waals surface area contributed by atoms with Gasteiger partial charge in [-0.1, -0.05) is 0 Å². The van der Waals surface area contributed by atoms with E-state index in [2.05, 4.69) is 14.8 Å². The number of hydrogen-bond acceptors (Lipinski definition) is 6. The summed E-state index contributed by atoms with van der Waals surface area (Å²) in [6.07, 6.45) is 2.50. The van der Waals surface area contributed by atoms with E-state index in [4.69, 9.17) is 0 Å². The highest BCUT2D eigenvalue weighted by Crippen LogP contribution is 2.27. The van der Waals surface area contributed by atoms with Gasteiger partial charge in [0.05, 0.1) is 19.9 Å². The molecule has 0 aliphatic carbocycles. The van der Waals surface area contributed by atoms with Crippen LogP contribution in [0.15, 0.2) is 17.8 Å². The number of fused-ring (bicyclic) bond motifs is 1. The second-order valence-corrected chi connectivity index (χ2v) is 4.91. The molecule has 2 heterocycles. The van der Waals surface area contributed by atoms with Crippen LogP contribution < -0.4 is 5.32 Å². The van der Waals surface area contributed by atoms with E-state index in [1.54, 1.807) is 6.07 Å². The number of carbonyl (C=O) groups is 3. The van der Waals surface area contributed by atoms with E-state index in [1.807, 2.05) is 11.5 Å². The molecular formula is C15H18N2O5. The molecule has 118 valence electrons. The predicted octanol–water partition coefficient (Wildman–Crippen LogP) is 1.41. The Bertz CT molecular complexity index is 639. The van der Waals surface area contributed by atoms with Crippen molar-refractivity contribution in [1.82, 2.24) is 4.57 Å². The molecule has 2 rings (SSSR count). The third-order valence-electron chi connectivity index (χ3n) is 3.54. The van der Waals surface area contributed by atoms with E-state index in [-0.39, 0.29) is 11.4 Å². The van der Waals surface area contributed by atoms with Crippen molar-refractivity contribution in [3.8, 4) is 0 Å². The van der Waals surface area contributed by atoms with Gasteiger partial charge in [-0.05, 0) is 19.4 Å². The van der Waals surface area contributed by atoms with Crippen LogP contribution in [0.1, 0.15) is 29.0 Å². The highest BCUT2D eigenvalue weighted by Gasteiger charge is 2.24. The SMILES string of the molecule is COC(=O)C(=CNc1cc(C)n2c1C(=O)CCC2)C(=O)OC. The van der Waals surface area contributed by atoms with Gasteiger partial charge in [0, 0.05) is 24.9 Å². The molecule has 1 N–H and O–H groups in total. The Morgan fingerprint density at radius 2 is 1.91 bits per heavy atom. The van der Waals surface area contributed by atoms with Crippen LogP contribution in [-0.2, 0) is 25.6 Å². The maximum absolute atomic E-state index is 12.1. The molecule has 0 radical (unpaired) electrons. The summed E-state index contributed by atoms with van der Waals surface area (Å²) in [4.78, 5) is 35.3. The molecule has 0 atom stereocenters. The van der Waals surface area contributed by atoms with Crippen molar-refractivity contribution in [2.75, 3.05) is 19.5 Å². The van der Waals surface area contributed by atoms with Gasteiger partial charge < -0.3 is 19.4 Å². The lowest BCUT2D eigenvalue weighted by molar-refractivity contribution is -0.144. The Morgan fingerprint density at radius 1 is 1.27 bits per heavy atom. The summed E-state index contributed by atoms with van der Waals surface area (Å²) >= 11 is 0. The third-order valence-corrected chi connectivity index (χ3v) is 3.54. The van der Waals surface area contributed by atoms with E-state index in [1.165, 1.54) is 20.4 Å². The minimum atomic E-state index is -0.810. The predicted molar refractivity (Wildman–Crippen MR) is 78.5 cm³/mol. The molecule has 7 nitrogen and oxygen atoms in total. The normalized spacial score (nSPS) is 13.1. The fraction of sp³-hybridized carbons (Fsp3) is 0.400. The number of ether oxygens (including phenoxy) is 2. The molecular weight excluding hydrogens is 288 g/mol. The van der Waals surface area contributed by atoms with Crippen molar-refractivity contribution in [2.24, 2.45) is 0 Å². The van der Waals surface area contributed by atoms with Gasteiger partial charge in [0.1, 0.15) is 5.69 Å². The number of aryl methyl sites for hydroxylation is 1. The maximum atomic E-state index is 12.1. The number of Topliss-reactive ketones (excluding diaryl/α,β-unsaturated/α-hetero) is 1. The van der Waals surface area contributed by atoms with E-state index < -0.39 is 11.9 Å². The summed E-state index contributed by atoms with van der Waals surface area (Å²) < 4.78 is 11.0. The van der Waals surface area contributed by atoms with E-state index in [0.29, 0.717) is 17.8 Å². The molecule has 1 aromatic rings. The van der Waals surface area contributed by atoms with E-state index in [9.17, 15) is 14.4 Å². The minimum absolute atomic E-state index is 0.0351. The van der Waals surface area contributed by atoms with Crippen molar-refractivity contribution in [1.29, 1.82) is 0 Å². The number of methoxy groups -OCH3 is 2. The molecule has 0 fully saturated rings. The summed E-state index contributed by atoms with van der Waals surface area (Å²) in [6.45, 7) is 2.68. The zero-order valence-corrected chi connectivity index (χ0v) is 12.8. The molecule has 7 heteroatoms. The Hall–Kier alpha value is -2.57. The second kappa shape index (κ2) is 6.46. The van der Waals surface area contributed by atoms with Gasteiger partial charge in [0.25, 0.3) is 0 Å². The van der Waals surface area contributed by atoms with Gasteiger partial charge in [-0.15, -0.1) is 0 Å². The Balaban J connectivity index is 2.34. The van der Waals surface area contributed by atoms with Gasteiger partial charge >= 0.3 is 11.9 Å². The standard InChI is InChI=1S/C15H18N2O5/c1-9-7-11(13-12(18)5-4-6-17(9)13)16-8-10(14(19)21-2)15(20)22-3/h7-8,16H,4-6H2,1-3H3. The first-order valence-electron chi connectivity index (χ1n) is 6.86. The van der Waals surface area contributed by atoms with Crippen molar-refractivity contribution < 1.29 is 23.9 Å². The van der Waals surface area contributed by atoms with Crippen LogP contribution in [0.4, 0.5) is 5.69 Å². The van der Waals surface area contributed by atoms with Crippen molar-refractivity contribution in [3.05, 3.63) is 29.2 Å². The number of nitrogens with one attached hydrogen (secondary N) is 1. The third kappa shape index (κ3) is 2.88. The lowest BCUT2D eigenvalue weighted by atomic mass is 10.1. The molecule has 0 unspecified atom stereocenters. The summed E-state index contributed by atoms with van der Waals surface area (Å²) in [5, 5.41) is 2.85. The van der Waals surface area contributed by atoms with Crippen molar-refractivity contribution >= 4 is 23.4 Å². The lowest BCUT2D eigenvalue weighted by Crippen LogP contribution is -2.19. The monoisotopic (exact) mass is 306 g/mol. The highest BCUT2D eigenvalue weighted by molar-refractivity contribution is 6.14. The fourth-order valence-electron chi connectivity index (χ4n) is 2.46. The number of carbonyl (C=O) groups excluding carboxylic acids is 3. The largest absolute Gasteiger partial charge is 0.465 e. The first-order chi connectivity index (χ1) is 10.5. The smallest absolute Gasteiger partial charge is 0.346 e. The molecule has 0 amide bonds. The number of anilines is 1. The summed E-state index contributed by atoms with van der Waals surface area (Å²) in [7, 11) is 2.35. The number of nitrogens with zero attached hydrogens (tertiary/aromatic N) is 1. The number of aromatic nitrogens is 1. The van der Waals surface area contributed by atoms with E-state index >= 15 is 0 Å². The Kier molecular flexibility index (Phi) is 4.65. The van der Waals surface area contributed by atoms with Crippen molar-refractivity contribution in [2.45, 2.75) is 26.3 Å². The number of ketones is 1. The maximum Gasteiger partial charge on any atom is 0.346 e. The van der Waals surface area contributed by atoms with Crippen molar-refractivity contribution in [3.63, 3.8) is 0 Å². The fourth-order valence-corrected chi connectivity index (χ4v) is 2.46. The van der Waals surface area contributed by atoms with Gasteiger partial charge in [-0.3, -0.25) is 4.79 Å². The van der Waals surface area contributed by atoms with Gasteiger partial charge in [0.2, 0.25) is 0 Å². The Morgan fingerprint density at radius 3 is 2.50 bits per heavy atom. The second-order valence-electron chi connectivity index (χ2n) is 4.91. The number of rotatable bonds is 4. The number of esters is 2. The zero-order chi connectivity index (χ0) is 16.3. The van der Waals surface area contributed by atoms with Crippen LogP contribution in [0.2, 0.25) is 0 Å². The van der Waals surface area contributed by atoms with E-state index in [0.717, 1.165) is 18.7 Å². The van der Waals surface area contributed by atoms with Crippen LogP contribution in [-0.4, -0.2) is 36.5 Å². The van der Waals surface area contributed by atoms with Crippen LogP contribution in [0.5, 0.6) is 0 Å². The quantitative estimate of drug-likeness (QED) is 0.392. The lowest BCUT2D eigenvalue weighted by Gasteiger charge is -2.16. The zero-order valence-electron chi connectivity index (χ0n) is 12.8. The summed E-state index contributed by atoms with van der Waals surface area (Å²) in [5.41, 5.74) is 1.80. The first-order valence-corrected chi connectivity index (χ1v) is 6.86. The molecule has 0 bridgehead atoms. The summed E-state index contributed by atoms with van der Waals surface area (Å²) in [6, 6.07) is 1.81. The molecule has 22 heavy (non-hydrogen) atoms. The van der Waals surface area contributed by atoms with Crippen LogP contribution in [0.3, 0.4) is 0 Å². The van der Waals surface area contributed by atoms with Gasteiger partial charge in [0.15, 0.2) is 11.4 Å². The average molecular weight is 306 g/mol. The minimum Gasteiger partial charge on any atom is -0.465 e. The topological polar surface area (TPSA) is 86.6 Å². The molecule has 0 saturated carbocycles. The highest BCUT2D eigenvalue weighted by atomic mass is 16.5. The van der Waals surface area contributed by atoms with Gasteiger partial charge in [-0.2, -0.15) is 0 Å². The average Bonchev–Trinajstić information content (AvgIpc) is 2.84. The van der Waals surface area contributed by atoms with Gasteiger partial charge in [-0.25, -0.2) is 9.59 Å². The summed E-state index contributed by atoms with van der Waals surface area (Å²) in [5.74, 6) is -1.58. The Labute approximate surface area is 127 Å². The first kappa shape index (κ1) is 15.8. The molecule has 1 aliphatic heterocycles. The molecule has 1 aromatic heterocycles. The molecule has 0 spiro atoms. The number of hydrogen-bond donors (Lipinski definition) is 1. The van der Waals surface area contributed by atoms with Crippen LogP contribution in [0, 0.1) is 6.92 Å². The molecule has 0 aromatic carbocycles. The molecule has 1 aliphatic rings.